The molecule has 1 fully saturated rings. The van der Waals surface area contributed by atoms with Crippen molar-refractivity contribution in [3.05, 3.63) is 48.0 Å². The molecule has 0 aromatic heterocycles. The molecule has 0 bridgehead atoms. The van der Waals surface area contributed by atoms with E-state index in [-0.39, 0.29) is 0 Å². The summed E-state index contributed by atoms with van der Waals surface area (Å²) < 4.78 is 44.5. The van der Waals surface area contributed by atoms with Crippen LogP contribution in [0.2, 0.25) is 0 Å². The third-order valence-corrected chi connectivity index (χ3v) is 4.96. The number of halogens is 3. The Bertz CT molecular complexity index is 885. The standard InChI is InChI=1S/C19H18F3N3O2/c20-19(21,22)18(26)24-13-5-3-9-25-14-10-11(23)7-8-16(14)27-15-6-2-1-4-12(15)17(13)25/h1-2,4,6-8,10,13,17H,3,5,9,23H2,(H,24,26). The lowest BCUT2D eigenvalue weighted by molar-refractivity contribution is -0.174. The summed E-state index contributed by atoms with van der Waals surface area (Å²) in [6.45, 7) is 0.622. The molecule has 1 amide bonds. The van der Waals surface area contributed by atoms with E-state index in [1.165, 1.54) is 0 Å². The molecule has 0 radical (unpaired) electrons. The van der Waals surface area contributed by atoms with Crippen molar-refractivity contribution < 1.29 is 22.7 Å². The molecule has 2 heterocycles. The molecule has 8 heteroatoms. The number of carbonyl (C=O) groups excluding carboxylic acids is 1. The van der Waals surface area contributed by atoms with Gasteiger partial charge >= 0.3 is 12.1 Å². The van der Waals surface area contributed by atoms with Crippen LogP contribution in [0.15, 0.2) is 42.5 Å². The smallest absolute Gasteiger partial charge is 0.455 e. The quantitative estimate of drug-likeness (QED) is 0.743. The Hall–Kier alpha value is -2.90. The van der Waals surface area contributed by atoms with E-state index >= 15 is 0 Å². The summed E-state index contributed by atoms with van der Waals surface area (Å²) in [5, 5.41) is 2.18. The lowest BCUT2D eigenvalue weighted by atomic mass is 9.89. The number of amides is 1. The summed E-state index contributed by atoms with van der Waals surface area (Å²) in [6.07, 6.45) is -3.85. The molecule has 5 nitrogen and oxygen atoms in total. The number of anilines is 2. The monoisotopic (exact) mass is 377 g/mol. The molecule has 2 aromatic rings. The van der Waals surface area contributed by atoms with Crippen molar-refractivity contribution in [3.63, 3.8) is 0 Å². The van der Waals surface area contributed by atoms with Crippen molar-refractivity contribution in [2.45, 2.75) is 31.1 Å². The normalized spacial score (nSPS) is 21.2. The van der Waals surface area contributed by atoms with Crippen LogP contribution in [-0.2, 0) is 4.79 Å². The largest absolute Gasteiger partial charge is 0.471 e. The number of hydrogen-bond acceptors (Lipinski definition) is 4. The summed E-state index contributed by atoms with van der Waals surface area (Å²) in [7, 11) is 0. The molecule has 1 saturated heterocycles. The lowest BCUT2D eigenvalue weighted by Crippen LogP contribution is -2.52. The number of hydrogen-bond donors (Lipinski definition) is 2. The van der Waals surface area contributed by atoms with E-state index in [9.17, 15) is 18.0 Å². The zero-order chi connectivity index (χ0) is 19.2. The predicted octanol–water partition coefficient (Wildman–Crippen LogP) is 3.76. The van der Waals surface area contributed by atoms with Crippen LogP contribution in [0.4, 0.5) is 24.5 Å². The lowest BCUT2D eigenvalue weighted by Gasteiger charge is -2.42. The van der Waals surface area contributed by atoms with Gasteiger partial charge < -0.3 is 20.7 Å². The molecule has 3 N–H and O–H groups in total. The van der Waals surface area contributed by atoms with Crippen molar-refractivity contribution in [1.29, 1.82) is 0 Å². The fourth-order valence-electron chi connectivity index (χ4n) is 3.83. The maximum atomic E-state index is 12.8. The van der Waals surface area contributed by atoms with Crippen LogP contribution in [0.1, 0.15) is 24.4 Å². The number of rotatable bonds is 1. The first-order valence-electron chi connectivity index (χ1n) is 8.65. The van der Waals surface area contributed by atoms with Crippen LogP contribution in [0, 0.1) is 0 Å². The average molecular weight is 377 g/mol. The first-order valence-corrected chi connectivity index (χ1v) is 8.65. The van der Waals surface area contributed by atoms with Gasteiger partial charge in [-0.15, -0.1) is 0 Å². The van der Waals surface area contributed by atoms with Gasteiger partial charge in [0.05, 0.1) is 17.8 Å². The van der Waals surface area contributed by atoms with Gasteiger partial charge in [0.25, 0.3) is 0 Å². The van der Waals surface area contributed by atoms with Crippen molar-refractivity contribution in [1.82, 2.24) is 5.32 Å². The van der Waals surface area contributed by atoms with Gasteiger partial charge in [-0.1, -0.05) is 18.2 Å². The highest BCUT2D eigenvalue weighted by molar-refractivity contribution is 5.82. The molecule has 0 spiro atoms. The summed E-state index contributed by atoms with van der Waals surface area (Å²) in [6, 6.07) is 11.2. The van der Waals surface area contributed by atoms with Gasteiger partial charge in [-0.05, 0) is 37.1 Å². The highest BCUT2D eigenvalue weighted by Crippen LogP contribution is 2.48. The molecule has 0 saturated carbocycles. The van der Waals surface area contributed by atoms with Crippen LogP contribution in [0.3, 0.4) is 0 Å². The van der Waals surface area contributed by atoms with Crippen molar-refractivity contribution >= 4 is 17.3 Å². The number of carbonyl (C=O) groups is 1. The van der Waals surface area contributed by atoms with Gasteiger partial charge in [-0.3, -0.25) is 4.79 Å². The summed E-state index contributed by atoms with van der Waals surface area (Å²) >= 11 is 0. The van der Waals surface area contributed by atoms with Gasteiger partial charge in [0.1, 0.15) is 5.75 Å². The summed E-state index contributed by atoms with van der Waals surface area (Å²) in [5.41, 5.74) is 7.91. The Labute approximate surface area is 153 Å². The van der Waals surface area contributed by atoms with E-state index in [0.717, 1.165) is 5.56 Å². The number of piperidine rings is 1. The maximum absolute atomic E-state index is 12.8. The second-order valence-electron chi connectivity index (χ2n) is 6.73. The SMILES string of the molecule is Nc1ccc2c(c1)N1CCCC(NC(=O)C(F)(F)F)C1c1ccccc1O2. The molecule has 2 aliphatic rings. The fraction of sp³-hybridized carbons (Fsp3) is 0.316. The first kappa shape index (κ1) is 17.5. The highest BCUT2D eigenvalue weighted by atomic mass is 19.4. The number of alkyl halides is 3. The van der Waals surface area contributed by atoms with Crippen LogP contribution < -0.4 is 20.7 Å². The Kier molecular flexibility index (Phi) is 4.13. The Morgan fingerprint density at radius 1 is 1.19 bits per heavy atom. The first-order chi connectivity index (χ1) is 12.8. The summed E-state index contributed by atoms with van der Waals surface area (Å²) in [4.78, 5) is 13.6. The topological polar surface area (TPSA) is 67.6 Å². The molecule has 4 rings (SSSR count). The minimum Gasteiger partial charge on any atom is -0.455 e. The molecule has 2 aliphatic heterocycles. The number of nitrogens with zero attached hydrogens (tertiary/aromatic N) is 1. The zero-order valence-corrected chi connectivity index (χ0v) is 14.3. The molecule has 142 valence electrons. The van der Waals surface area contributed by atoms with E-state index in [2.05, 4.69) is 5.32 Å². The molecule has 27 heavy (non-hydrogen) atoms. The van der Waals surface area contributed by atoms with E-state index in [1.54, 1.807) is 30.3 Å². The number of nitrogen functional groups attached to an aromatic ring is 1. The molecule has 2 aromatic carbocycles. The third-order valence-electron chi connectivity index (χ3n) is 4.96. The van der Waals surface area contributed by atoms with Gasteiger partial charge in [0.2, 0.25) is 0 Å². The number of ether oxygens (including phenoxy) is 1. The molecular weight excluding hydrogens is 359 g/mol. The number of fused-ring (bicyclic) bond motifs is 5. The summed E-state index contributed by atoms with van der Waals surface area (Å²) in [5.74, 6) is -0.782. The van der Waals surface area contributed by atoms with E-state index in [0.29, 0.717) is 42.3 Å². The molecule has 2 unspecified atom stereocenters. The van der Waals surface area contributed by atoms with Crippen molar-refractivity contribution in [2.75, 3.05) is 17.2 Å². The Morgan fingerprint density at radius 3 is 2.74 bits per heavy atom. The zero-order valence-electron chi connectivity index (χ0n) is 14.3. The van der Waals surface area contributed by atoms with Gasteiger partial charge in [0, 0.05) is 17.8 Å². The number of nitrogens with one attached hydrogen (secondary N) is 1. The predicted molar refractivity (Wildman–Crippen MR) is 94.7 cm³/mol. The van der Waals surface area contributed by atoms with E-state index in [1.807, 2.05) is 17.0 Å². The third kappa shape index (κ3) is 3.15. The van der Waals surface area contributed by atoms with Crippen molar-refractivity contribution in [2.24, 2.45) is 0 Å². The minimum atomic E-state index is -4.93. The Morgan fingerprint density at radius 2 is 1.96 bits per heavy atom. The molecule has 0 aliphatic carbocycles. The highest BCUT2D eigenvalue weighted by Gasteiger charge is 2.44. The van der Waals surface area contributed by atoms with Crippen LogP contribution >= 0.6 is 0 Å². The van der Waals surface area contributed by atoms with Crippen LogP contribution in [-0.4, -0.2) is 24.7 Å². The van der Waals surface area contributed by atoms with E-state index in [4.69, 9.17) is 10.5 Å². The average Bonchev–Trinajstić information content (AvgIpc) is 2.76. The number of para-hydroxylation sites is 1. The van der Waals surface area contributed by atoms with Crippen molar-refractivity contribution in [3.8, 4) is 11.5 Å². The van der Waals surface area contributed by atoms with E-state index < -0.39 is 24.2 Å². The van der Waals surface area contributed by atoms with Crippen LogP contribution in [0.5, 0.6) is 11.5 Å². The number of benzene rings is 2. The minimum absolute atomic E-state index is 0.439. The Balaban J connectivity index is 1.81. The molecule has 2 atom stereocenters. The molecular formula is C19H18F3N3O2. The fourth-order valence-corrected chi connectivity index (χ4v) is 3.83. The second-order valence-corrected chi connectivity index (χ2v) is 6.73. The van der Waals surface area contributed by atoms with Crippen LogP contribution in [0.25, 0.3) is 0 Å². The van der Waals surface area contributed by atoms with Gasteiger partial charge in [-0.2, -0.15) is 13.2 Å². The maximum Gasteiger partial charge on any atom is 0.471 e. The second kappa shape index (κ2) is 6.37. The van der Waals surface area contributed by atoms with Gasteiger partial charge in [-0.25, -0.2) is 0 Å². The number of nitrogens with two attached hydrogens (primary N) is 1. The van der Waals surface area contributed by atoms with Gasteiger partial charge in [0.15, 0.2) is 5.75 Å².